The van der Waals surface area contributed by atoms with E-state index in [1.165, 1.54) is 12.4 Å². The van der Waals surface area contributed by atoms with Crippen LogP contribution < -0.4 is 10.5 Å². The largest absolute Gasteiger partial charge is 0.504 e. The lowest BCUT2D eigenvalue weighted by molar-refractivity contribution is 0.298. The van der Waals surface area contributed by atoms with Crippen LogP contribution in [0.2, 0.25) is 0 Å². The van der Waals surface area contributed by atoms with Crippen molar-refractivity contribution in [3.63, 3.8) is 0 Å². The molecule has 0 radical (unpaired) electrons. The summed E-state index contributed by atoms with van der Waals surface area (Å²) in [5, 5.41) is 17.4. The van der Waals surface area contributed by atoms with Crippen LogP contribution >= 0.6 is 0 Å². The maximum absolute atomic E-state index is 9.87. The Labute approximate surface area is 170 Å². The number of aromatic nitrogens is 2. The van der Waals surface area contributed by atoms with Gasteiger partial charge >= 0.3 is 0 Å². The first-order valence-corrected chi connectivity index (χ1v) is 9.51. The Balaban J connectivity index is 1.89. The van der Waals surface area contributed by atoms with Gasteiger partial charge in [0.15, 0.2) is 11.5 Å². The maximum atomic E-state index is 9.87. The number of nitrogens with two attached hydrogens (primary N) is 1. The Bertz CT molecular complexity index is 1020. The van der Waals surface area contributed by atoms with Gasteiger partial charge in [0.2, 0.25) is 0 Å². The monoisotopic (exact) mass is 393 g/mol. The molecule has 7 nitrogen and oxygen atoms in total. The number of rotatable bonds is 9. The SMILES string of the molecule is CN(C)CCn1c(CCOc2ccccc2O)nc2ccc(/C(C=N)=C/N)cc21. The minimum absolute atomic E-state index is 0.131. The van der Waals surface area contributed by atoms with Crippen LogP contribution in [0.4, 0.5) is 0 Å². The first-order valence-electron chi connectivity index (χ1n) is 9.51. The standard InChI is InChI=1S/C22H27N5O2/c1-26(2)10-11-27-19-13-16(17(14-23)15-24)7-8-18(19)25-22(27)9-12-29-21-6-4-3-5-20(21)28/h3-8,13-15,23,28H,9-12,24H2,1-2H3/b17-15+,23-14?. The molecule has 0 atom stereocenters. The van der Waals surface area contributed by atoms with Gasteiger partial charge in [-0.3, -0.25) is 0 Å². The van der Waals surface area contributed by atoms with Gasteiger partial charge in [0, 0.05) is 37.5 Å². The van der Waals surface area contributed by atoms with Crippen LogP contribution in [0.3, 0.4) is 0 Å². The Morgan fingerprint density at radius 1 is 1.28 bits per heavy atom. The molecule has 0 amide bonds. The Morgan fingerprint density at radius 3 is 2.76 bits per heavy atom. The van der Waals surface area contributed by atoms with Crippen molar-refractivity contribution in [2.75, 3.05) is 27.2 Å². The number of imidazole rings is 1. The number of nitrogens with zero attached hydrogens (tertiary/aromatic N) is 3. The van der Waals surface area contributed by atoms with E-state index in [-0.39, 0.29) is 5.75 Å². The molecule has 1 heterocycles. The van der Waals surface area contributed by atoms with Crippen LogP contribution in [0, 0.1) is 5.41 Å². The summed E-state index contributed by atoms with van der Waals surface area (Å²) in [4.78, 5) is 6.92. The van der Waals surface area contributed by atoms with E-state index < -0.39 is 0 Å². The summed E-state index contributed by atoms with van der Waals surface area (Å²) in [6.45, 7) is 2.06. The van der Waals surface area contributed by atoms with E-state index in [0.717, 1.165) is 35.5 Å². The lowest BCUT2D eigenvalue weighted by Gasteiger charge is -2.14. The molecule has 29 heavy (non-hydrogen) atoms. The molecule has 0 fully saturated rings. The van der Waals surface area contributed by atoms with Crippen LogP contribution in [-0.2, 0) is 13.0 Å². The minimum Gasteiger partial charge on any atom is -0.504 e. The van der Waals surface area contributed by atoms with Crippen molar-refractivity contribution in [3.8, 4) is 11.5 Å². The lowest BCUT2D eigenvalue weighted by Crippen LogP contribution is -2.20. The van der Waals surface area contributed by atoms with Gasteiger partial charge in [0.25, 0.3) is 0 Å². The molecule has 152 valence electrons. The second kappa shape index (κ2) is 9.25. The van der Waals surface area contributed by atoms with E-state index in [1.54, 1.807) is 18.2 Å². The van der Waals surface area contributed by atoms with Gasteiger partial charge in [-0.05, 0) is 43.9 Å². The number of phenols is 1. The van der Waals surface area contributed by atoms with Crippen molar-refractivity contribution < 1.29 is 9.84 Å². The molecule has 3 rings (SSSR count). The molecule has 7 heteroatoms. The number of allylic oxidation sites excluding steroid dienone is 1. The third kappa shape index (κ3) is 4.75. The number of likely N-dealkylation sites (N-methyl/N-ethyl adjacent to an activating group) is 1. The highest BCUT2D eigenvalue weighted by Crippen LogP contribution is 2.25. The van der Waals surface area contributed by atoms with E-state index in [9.17, 15) is 5.11 Å². The molecule has 0 unspecified atom stereocenters. The molecule has 0 aliphatic heterocycles. The van der Waals surface area contributed by atoms with Crippen molar-refractivity contribution in [2.24, 2.45) is 5.73 Å². The molecule has 2 aromatic carbocycles. The van der Waals surface area contributed by atoms with Crippen molar-refractivity contribution in [2.45, 2.75) is 13.0 Å². The number of para-hydroxylation sites is 2. The number of hydrogen-bond donors (Lipinski definition) is 3. The van der Waals surface area contributed by atoms with Crippen LogP contribution in [-0.4, -0.2) is 53.0 Å². The van der Waals surface area contributed by atoms with Crippen LogP contribution in [0.5, 0.6) is 11.5 Å². The average Bonchev–Trinajstić information content (AvgIpc) is 3.05. The van der Waals surface area contributed by atoms with Gasteiger partial charge in [0.05, 0.1) is 17.6 Å². The summed E-state index contributed by atoms with van der Waals surface area (Å²) in [5.41, 5.74) is 9.10. The molecule has 3 aromatic rings. The first-order chi connectivity index (χ1) is 14.0. The zero-order valence-electron chi connectivity index (χ0n) is 16.8. The fourth-order valence-electron chi connectivity index (χ4n) is 3.15. The quantitative estimate of drug-likeness (QED) is 0.485. The van der Waals surface area contributed by atoms with Crippen molar-refractivity contribution >= 4 is 22.8 Å². The highest BCUT2D eigenvalue weighted by atomic mass is 16.5. The molecule has 0 spiro atoms. The molecule has 4 N–H and O–H groups in total. The molecule has 0 aliphatic carbocycles. The van der Waals surface area contributed by atoms with E-state index in [0.29, 0.717) is 24.4 Å². The summed E-state index contributed by atoms with van der Waals surface area (Å²) in [6, 6.07) is 12.8. The van der Waals surface area contributed by atoms with E-state index in [4.69, 9.17) is 20.9 Å². The van der Waals surface area contributed by atoms with Gasteiger partial charge in [-0.2, -0.15) is 0 Å². The van der Waals surface area contributed by atoms with Gasteiger partial charge in [-0.25, -0.2) is 4.98 Å². The Hall–Kier alpha value is -3.32. The average molecular weight is 393 g/mol. The maximum Gasteiger partial charge on any atom is 0.160 e. The second-order valence-electron chi connectivity index (χ2n) is 7.02. The van der Waals surface area contributed by atoms with Crippen molar-refractivity contribution in [3.05, 3.63) is 60.1 Å². The van der Waals surface area contributed by atoms with Gasteiger partial charge in [0.1, 0.15) is 5.82 Å². The van der Waals surface area contributed by atoms with E-state index in [1.807, 2.05) is 38.4 Å². The third-order valence-corrected chi connectivity index (χ3v) is 4.71. The number of benzene rings is 2. The normalized spacial score (nSPS) is 11.9. The molecule has 0 saturated heterocycles. The zero-order valence-corrected chi connectivity index (χ0v) is 16.8. The zero-order chi connectivity index (χ0) is 20.8. The Kier molecular flexibility index (Phi) is 6.51. The number of hydrogen-bond acceptors (Lipinski definition) is 6. The molecular formula is C22H27N5O2. The van der Waals surface area contributed by atoms with Crippen LogP contribution in [0.1, 0.15) is 11.4 Å². The summed E-state index contributed by atoms with van der Waals surface area (Å²) < 4.78 is 7.93. The van der Waals surface area contributed by atoms with Gasteiger partial charge < -0.3 is 30.5 Å². The second-order valence-corrected chi connectivity index (χ2v) is 7.02. The highest BCUT2D eigenvalue weighted by Gasteiger charge is 2.13. The van der Waals surface area contributed by atoms with Gasteiger partial charge in [-0.15, -0.1) is 0 Å². The van der Waals surface area contributed by atoms with Crippen LogP contribution in [0.25, 0.3) is 16.6 Å². The predicted molar refractivity (Wildman–Crippen MR) is 117 cm³/mol. The van der Waals surface area contributed by atoms with Crippen molar-refractivity contribution in [1.29, 1.82) is 5.41 Å². The summed E-state index contributed by atoms with van der Waals surface area (Å²) in [5.74, 6) is 1.52. The summed E-state index contributed by atoms with van der Waals surface area (Å²) in [6.07, 6.45) is 3.30. The number of ether oxygens (including phenoxy) is 1. The number of aromatic hydroxyl groups is 1. The van der Waals surface area contributed by atoms with Crippen LogP contribution in [0.15, 0.2) is 48.7 Å². The molecule has 0 aliphatic rings. The van der Waals surface area contributed by atoms with Gasteiger partial charge in [-0.1, -0.05) is 18.2 Å². The molecule has 0 saturated carbocycles. The van der Waals surface area contributed by atoms with E-state index >= 15 is 0 Å². The number of phenolic OH excluding ortho intramolecular Hbond substituents is 1. The molecular weight excluding hydrogens is 366 g/mol. The third-order valence-electron chi connectivity index (χ3n) is 4.71. The van der Waals surface area contributed by atoms with Crippen molar-refractivity contribution in [1.82, 2.24) is 14.5 Å². The predicted octanol–water partition coefficient (Wildman–Crippen LogP) is 2.87. The fraction of sp³-hybridized carbons (Fsp3) is 0.273. The lowest BCUT2D eigenvalue weighted by atomic mass is 10.1. The minimum atomic E-state index is 0.131. The highest BCUT2D eigenvalue weighted by molar-refractivity contribution is 6.09. The summed E-state index contributed by atoms with van der Waals surface area (Å²) >= 11 is 0. The number of fused-ring (bicyclic) bond motifs is 1. The first kappa shape index (κ1) is 20.4. The Morgan fingerprint density at radius 2 is 2.07 bits per heavy atom. The molecule has 0 bridgehead atoms. The smallest absolute Gasteiger partial charge is 0.160 e. The summed E-state index contributed by atoms with van der Waals surface area (Å²) in [7, 11) is 4.08. The fourth-order valence-corrected chi connectivity index (χ4v) is 3.15. The van der Waals surface area contributed by atoms with E-state index in [2.05, 4.69) is 9.47 Å². The molecule has 1 aromatic heterocycles. The number of nitrogens with one attached hydrogen (secondary N) is 1. The topological polar surface area (TPSA) is 100 Å².